The Morgan fingerprint density at radius 2 is 1.58 bits per heavy atom. The lowest BCUT2D eigenvalue weighted by Gasteiger charge is -2.17. The van der Waals surface area contributed by atoms with Crippen LogP contribution in [0.1, 0.15) is 49.9 Å². The number of pyridine rings is 1. The van der Waals surface area contributed by atoms with Crippen LogP contribution in [0.4, 0.5) is 0 Å². The van der Waals surface area contributed by atoms with Gasteiger partial charge in [0.05, 0.1) is 5.52 Å². The second-order valence-corrected chi connectivity index (χ2v) is 10.6. The molecule has 2 rings (SSSR count). The molecule has 1 heterocycles. The number of unbranched alkanes of at least 4 members (excludes halogenated alkanes) is 2. The van der Waals surface area contributed by atoms with E-state index in [9.17, 15) is 4.79 Å². The van der Waals surface area contributed by atoms with Crippen molar-refractivity contribution in [1.29, 1.82) is 0 Å². The van der Waals surface area contributed by atoms with Crippen molar-refractivity contribution in [2.45, 2.75) is 39.5 Å². The Balaban J connectivity index is 2.04. The third kappa shape index (κ3) is 9.43. The Kier molecular flexibility index (Phi) is 12.4. The molecule has 0 spiro atoms. The van der Waals surface area contributed by atoms with Crippen molar-refractivity contribution < 1.29 is 4.79 Å². The van der Waals surface area contributed by atoms with Crippen LogP contribution >= 0.6 is 48.0 Å². The number of rotatable bonds is 12. The minimum absolute atomic E-state index is 0.0889. The maximum atomic E-state index is 13.3. The largest absolute Gasteiger partial charge is 0.371 e. The maximum absolute atomic E-state index is 13.3. The zero-order valence-electron chi connectivity index (χ0n) is 18.2. The van der Waals surface area contributed by atoms with Gasteiger partial charge in [-0.3, -0.25) is 9.78 Å². The molecule has 31 heavy (non-hydrogen) atoms. The number of para-hydroxylation sites is 1. The first-order chi connectivity index (χ1) is 15.0. The molecule has 0 radical (unpaired) electrons. The molecule has 1 aromatic carbocycles. The van der Waals surface area contributed by atoms with Crippen LogP contribution in [0.25, 0.3) is 10.9 Å². The van der Waals surface area contributed by atoms with E-state index in [1.54, 1.807) is 6.20 Å². The molecule has 0 atom stereocenters. The van der Waals surface area contributed by atoms with Crippen LogP contribution < -0.4 is 10.6 Å². The van der Waals surface area contributed by atoms with Gasteiger partial charge in [0.15, 0.2) is 5.78 Å². The van der Waals surface area contributed by atoms with Crippen LogP contribution in [-0.4, -0.2) is 44.0 Å². The number of Topliss-reactive ketones (excluding diaryl/α,β-unsaturated/α-hetero) is 1. The number of hydrogen-bond donors (Lipinski definition) is 2. The van der Waals surface area contributed by atoms with Gasteiger partial charge in [-0.2, -0.15) is 0 Å². The third-order valence-corrected chi connectivity index (χ3v) is 7.62. The minimum Gasteiger partial charge on any atom is -0.371 e. The highest BCUT2D eigenvalue weighted by Crippen LogP contribution is 2.22. The zero-order chi connectivity index (χ0) is 22.5. The Hall–Kier alpha value is -1.22. The lowest BCUT2D eigenvalue weighted by molar-refractivity contribution is 0.0944. The smallest absolute Gasteiger partial charge is 0.169 e. The molecule has 0 aliphatic heterocycles. The molecule has 8 heteroatoms. The van der Waals surface area contributed by atoms with E-state index < -0.39 is 0 Å². The van der Waals surface area contributed by atoms with Crippen molar-refractivity contribution in [3.63, 3.8) is 0 Å². The first-order valence-corrected chi connectivity index (χ1v) is 13.5. The molecule has 4 nitrogen and oxygen atoms in total. The topological polar surface area (TPSA) is 54.0 Å². The normalized spacial score (nSPS) is 10.9. The maximum Gasteiger partial charge on any atom is 0.169 e. The summed E-state index contributed by atoms with van der Waals surface area (Å²) < 4.78 is 1.49. The number of thiocarbonyl (C=S) groups is 2. The summed E-state index contributed by atoms with van der Waals surface area (Å²) in [6.45, 7) is 6.04. The minimum atomic E-state index is -0.199. The number of fused-ring (bicyclic) bond motifs is 1. The fraction of sp³-hybridized carbons (Fsp3) is 0.478. The van der Waals surface area contributed by atoms with Crippen LogP contribution in [-0.2, 0) is 0 Å². The van der Waals surface area contributed by atoms with Crippen molar-refractivity contribution in [3.05, 3.63) is 42.1 Å². The highest BCUT2D eigenvalue weighted by Gasteiger charge is 2.22. The number of carbonyl (C=O) groups excluding carboxylic acids is 1. The summed E-state index contributed by atoms with van der Waals surface area (Å²) >= 11 is 14.0. The van der Waals surface area contributed by atoms with Gasteiger partial charge >= 0.3 is 0 Å². The Morgan fingerprint density at radius 1 is 1.00 bits per heavy atom. The van der Waals surface area contributed by atoms with Gasteiger partial charge in [0.25, 0.3) is 0 Å². The summed E-state index contributed by atoms with van der Waals surface area (Å²) in [6.07, 6.45) is 6.09. The van der Waals surface area contributed by atoms with E-state index >= 15 is 0 Å². The molecule has 0 fully saturated rings. The van der Waals surface area contributed by atoms with Crippen molar-refractivity contribution in [2.24, 2.45) is 5.92 Å². The van der Waals surface area contributed by atoms with E-state index in [4.69, 9.17) is 24.4 Å². The summed E-state index contributed by atoms with van der Waals surface area (Å²) in [7, 11) is 0. The standard InChI is InChI=1S/C23H31N3OS4/c1-3-5-11-24-22(28)30-15-19(16-31-23(29)25-12-6-4-2)21(27)18-13-17-9-7-8-10-20(17)26-14-18/h7-10,13-14,19H,3-6,11-12,15-16H2,1-2H3,(H,24,28)(H,25,29). The molecule has 0 bridgehead atoms. The number of benzene rings is 1. The van der Waals surface area contributed by atoms with Gasteiger partial charge in [0.2, 0.25) is 0 Å². The summed E-state index contributed by atoms with van der Waals surface area (Å²) in [4.78, 5) is 17.8. The summed E-state index contributed by atoms with van der Waals surface area (Å²) in [6, 6.07) is 9.78. The molecule has 0 amide bonds. The molecule has 0 saturated carbocycles. The molecular weight excluding hydrogens is 463 g/mol. The molecule has 0 unspecified atom stereocenters. The number of hydrogen-bond acceptors (Lipinski definition) is 6. The number of ketones is 1. The molecule has 0 aliphatic carbocycles. The van der Waals surface area contributed by atoms with Gasteiger partial charge in [0.1, 0.15) is 8.64 Å². The second kappa shape index (κ2) is 14.8. The average Bonchev–Trinajstić information content (AvgIpc) is 2.78. The molecule has 2 N–H and O–H groups in total. The fourth-order valence-electron chi connectivity index (χ4n) is 2.83. The monoisotopic (exact) mass is 493 g/mol. The molecule has 0 saturated heterocycles. The van der Waals surface area contributed by atoms with Crippen molar-refractivity contribution >= 4 is 73.3 Å². The van der Waals surface area contributed by atoms with Crippen molar-refractivity contribution in [1.82, 2.24) is 15.6 Å². The Labute approximate surface area is 205 Å². The second-order valence-electron chi connectivity index (χ2n) is 7.24. The van der Waals surface area contributed by atoms with E-state index in [0.717, 1.165) is 58.3 Å². The van der Waals surface area contributed by atoms with Crippen LogP contribution in [0.5, 0.6) is 0 Å². The van der Waals surface area contributed by atoms with Crippen LogP contribution in [0.15, 0.2) is 36.5 Å². The van der Waals surface area contributed by atoms with E-state index in [1.807, 2.05) is 30.3 Å². The van der Waals surface area contributed by atoms with Gasteiger partial charge in [-0.25, -0.2) is 0 Å². The first-order valence-electron chi connectivity index (χ1n) is 10.7. The van der Waals surface area contributed by atoms with E-state index in [1.165, 1.54) is 23.5 Å². The summed E-state index contributed by atoms with van der Waals surface area (Å²) in [5, 5.41) is 7.51. The zero-order valence-corrected chi connectivity index (χ0v) is 21.5. The van der Waals surface area contributed by atoms with Gasteiger partial charge in [0, 0.05) is 47.7 Å². The molecule has 168 valence electrons. The summed E-state index contributed by atoms with van der Waals surface area (Å²) in [5.41, 5.74) is 1.53. The lowest BCUT2D eigenvalue weighted by atomic mass is 10.0. The quantitative estimate of drug-likeness (QED) is 0.217. The number of nitrogens with zero attached hydrogens (tertiary/aromatic N) is 1. The summed E-state index contributed by atoms with van der Waals surface area (Å²) in [5.74, 6) is 1.13. The highest BCUT2D eigenvalue weighted by molar-refractivity contribution is 8.23. The van der Waals surface area contributed by atoms with Gasteiger partial charge in [-0.1, -0.05) is 92.8 Å². The van der Waals surface area contributed by atoms with Crippen LogP contribution in [0.2, 0.25) is 0 Å². The number of carbonyl (C=O) groups is 1. The van der Waals surface area contributed by atoms with Gasteiger partial charge < -0.3 is 10.6 Å². The van der Waals surface area contributed by atoms with Gasteiger partial charge in [-0.15, -0.1) is 0 Å². The van der Waals surface area contributed by atoms with E-state index in [0.29, 0.717) is 17.1 Å². The van der Waals surface area contributed by atoms with E-state index in [-0.39, 0.29) is 11.7 Å². The van der Waals surface area contributed by atoms with Crippen molar-refractivity contribution in [2.75, 3.05) is 24.6 Å². The predicted octanol–water partition coefficient (Wildman–Crippen LogP) is 5.85. The molecular formula is C23H31N3OS4. The fourth-order valence-corrected chi connectivity index (χ4v) is 5.24. The van der Waals surface area contributed by atoms with Crippen LogP contribution in [0, 0.1) is 5.92 Å². The lowest BCUT2D eigenvalue weighted by Crippen LogP contribution is -2.26. The molecule has 2 aromatic rings. The molecule has 0 aliphatic rings. The average molecular weight is 494 g/mol. The molecule has 1 aromatic heterocycles. The predicted molar refractivity (Wildman–Crippen MR) is 145 cm³/mol. The van der Waals surface area contributed by atoms with E-state index in [2.05, 4.69) is 29.5 Å². The number of thioether (sulfide) groups is 2. The SMILES string of the molecule is CCCCNC(=S)SCC(CSC(=S)NCCCC)C(=O)c1cnc2ccccc2c1. The Bertz CT molecular complexity index is 849. The number of aromatic nitrogens is 1. The Morgan fingerprint density at radius 3 is 2.16 bits per heavy atom. The number of nitrogens with one attached hydrogen (secondary N) is 2. The van der Waals surface area contributed by atoms with Crippen LogP contribution in [0.3, 0.4) is 0 Å². The third-order valence-electron chi connectivity index (χ3n) is 4.68. The highest BCUT2D eigenvalue weighted by atomic mass is 32.2. The van der Waals surface area contributed by atoms with Gasteiger partial charge in [-0.05, 0) is 25.0 Å². The van der Waals surface area contributed by atoms with Crippen molar-refractivity contribution in [3.8, 4) is 0 Å². The first kappa shape index (κ1) is 26.0.